The zero-order chi connectivity index (χ0) is 19.6. The summed E-state index contributed by atoms with van der Waals surface area (Å²) in [5.74, 6) is -0.609. The molecule has 0 unspecified atom stereocenters. The molecule has 0 aliphatic heterocycles. The van der Waals surface area contributed by atoms with Crippen molar-refractivity contribution in [3.05, 3.63) is 78.9 Å². The number of carbonyl (C=O) groups is 1. The van der Waals surface area contributed by atoms with Crippen LogP contribution in [-0.4, -0.2) is 15.4 Å². The molecule has 27 heavy (non-hydrogen) atoms. The van der Waals surface area contributed by atoms with E-state index in [1.54, 1.807) is 0 Å². The smallest absolute Gasteiger partial charge is 0.281 e. The molecule has 2 aromatic carbocycles. The van der Waals surface area contributed by atoms with E-state index in [4.69, 9.17) is 11.6 Å². The molecule has 0 radical (unpaired) electrons. The summed E-state index contributed by atoms with van der Waals surface area (Å²) in [7, 11) is 1.85. The molecule has 8 heteroatoms. The Balaban J connectivity index is 2.11. The van der Waals surface area contributed by atoms with E-state index < -0.39 is 10.8 Å². The summed E-state index contributed by atoms with van der Waals surface area (Å²) in [5.41, 5.74) is 1.85. The van der Waals surface area contributed by atoms with Crippen LogP contribution in [0.4, 0.5) is 5.69 Å². The molecule has 0 atom stereocenters. The van der Waals surface area contributed by atoms with Gasteiger partial charge in [0.15, 0.2) is 4.80 Å². The van der Waals surface area contributed by atoms with Crippen LogP contribution in [0.3, 0.4) is 0 Å². The summed E-state index contributed by atoms with van der Waals surface area (Å²) in [6.07, 6.45) is 0.796. The second kappa shape index (κ2) is 7.85. The Kier molecular flexibility index (Phi) is 5.53. The number of halogens is 1. The average Bonchev–Trinajstić information content (AvgIpc) is 2.98. The van der Waals surface area contributed by atoms with Crippen LogP contribution in [0, 0.1) is 10.1 Å². The first-order valence-electron chi connectivity index (χ1n) is 8.19. The van der Waals surface area contributed by atoms with Gasteiger partial charge in [-0.05, 0) is 18.1 Å². The molecule has 0 aliphatic carbocycles. The van der Waals surface area contributed by atoms with E-state index in [0.29, 0.717) is 4.80 Å². The van der Waals surface area contributed by atoms with Crippen molar-refractivity contribution < 1.29 is 9.72 Å². The molecule has 0 saturated carbocycles. The third-order valence-corrected chi connectivity index (χ3v) is 5.66. The fraction of sp³-hybridized carbons (Fsp3) is 0.158. The summed E-state index contributed by atoms with van der Waals surface area (Å²) in [5, 5.41) is 11.1. The van der Waals surface area contributed by atoms with Gasteiger partial charge in [0, 0.05) is 24.1 Å². The first kappa shape index (κ1) is 19.0. The Hall–Kier alpha value is -2.77. The maximum absolute atomic E-state index is 12.6. The van der Waals surface area contributed by atoms with Gasteiger partial charge in [0.2, 0.25) is 0 Å². The topological polar surface area (TPSA) is 77.5 Å². The summed E-state index contributed by atoms with van der Waals surface area (Å²) < 4.78 is 1.86. The van der Waals surface area contributed by atoms with Crippen LogP contribution in [-0.2, 0) is 13.5 Å². The number of carbonyl (C=O) groups excluding carboxylic acids is 1. The summed E-state index contributed by atoms with van der Waals surface area (Å²) in [6.45, 7) is 2.04. The molecule has 0 fully saturated rings. The van der Waals surface area contributed by atoms with Gasteiger partial charge in [0.05, 0.1) is 21.2 Å². The van der Waals surface area contributed by atoms with Gasteiger partial charge in [-0.2, -0.15) is 4.99 Å². The lowest BCUT2D eigenvalue weighted by Gasteiger charge is -2.05. The predicted octanol–water partition coefficient (Wildman–Crippen LogP) is 4.62. The third-order valence-electron chi connectivity index (χ3n) is 4.06. The number of non-ortho nitro benzene ring substituents is 1. The largest absolute Gasteiger partial charge is 0.319 e. The minimum atomic E-state index is -0.609. The Bertz CT molecular complexity index is 1090. The molecule has 0 saturated heterocycles. The molecule has 0 N–H and O–H groups in total. The van der Waals surface area contributed by atoms with Crippen molar-refractivity contribution in [3.63, 3.8) is 0 Å². The van der Waals surface area contributed by atoms with Gasteiger partial charge in [0.25, 0.3) is 11.6 Å². The SMILES string of the molecule is CCc1sc(=NC(=O)c2cc([N+](=O)[O-])ccc2Cl)n(C)c1-c1ccccc1. The molecular formula is C19H16ClN3O3S. The Morgan fingerprint density at radius 2 is 1.96 bits per heavy atom. The van der Waals surface area contributed by atoms with E-state index in [0.717, 1.165) is 28.6 Å². The monoisotopic (exact) mass is 401 g/mol. The number of rotatable bonds is 4. The molecule has 0 spiro atoms. The minimum absolute atomic E-state index is 0.0126. The maximum atomic E-state index is 12.6. The number of aryl methyl sites for hydroxylation is 1. The van der Waals surface area contributed by atoms with E-state index in [1.165, 1.54) is 23.5 Å². The van der Waals surface area contributed by atoms with E-state index in [2.05, 4.69) is 4.99 Å². The number of thiazole rings is 1. The van der Waals surface area contributed by atoms with Gasteiger partial charge in [-0.1, -0.05) is 48.9 Å². The molecule has 3 rings (SSSR count). The average molecular weight is 402 g/mol. The van der Waals surface area contributed by atoms with Gasteiger partial charge in [-0.25, -0.2) is 0 Å². The Morgan fingerprint density at radius 3 is 2.59 bits per heavy atom. The lowest BCUT2D eigenvalue weighted by atomic mass is 10.1. The van der Waals surface area contributed by atoms with Gasteiger partial charge in [-0.15, -0.1) is 11.3 Å². The van der Waals surface area contributed by atoms with Crippen molar-refractivity contribution in [1.29, 1.82) is 0 Å². The van der Waals surface area contributed by atoms with E-state index >= 15 is 0 Å². The lowest BCUT2D eigenvalue weighted by Crippen LogP contribution is -2.14. The summed E-state index contributed by atoms with van der Waals surface area (Å²) in [4.78, 5) is 28.8. The molecule has 1 aromatic heterocycles. The van der Waals surface area contributed by atoms with E-state index in [9.17, 15) is 14.9 Å². The molecule has 138 valence electrons. The third kappa shape index (κ3) is 3.84. The van der Waals surface area contributed by atoms with Gasteiger partial charge in [-0.3, -0.25) is 14.9 Å². The van der Waals surface area contributed by atoms with Gasteiger partial charge in [0.1, 0.15) is 0 Å². The number of amides is 1. The number of nitro benzene ring substituents is 1. The highest BCUT2D eigenvalue weighted by atomic mass is 35.5. The van der Waals surface area contributed by atoms with Crippen LogP contribution in [0.1, 0.15) is 22.2 Å². The number of hydrogen-bond acceptors (Lipinski definition) is 4. The van der Waals surface area contributed by atoms with Crippen LogP contribution < -0.4 is 4.80 Å². The molecular weight excluding hydrogens is 386 g/mol. The van der Waals surface area contributed by atoms with Crippen molar-refractivity contribution in [1.82, 2.24) is 4.57 Å². The zero-order valence-electron chi connectivity index (χ0n) is 14.7. The molecule has 0 bridgehead atoms. The second-order valence-corrected chi connectivity index (χ2v) is 7.24. The van der Waals surface area contributed by atoms with Crippen LogP contribution in [0.15, 0.2) is 53.5 Å². The van der Waals surface area contributed by atoms with Gasteiger partial charge >= 0.3 is 0 Å². The van der Waals surface area contributed by atoms with Crippen LogP contribution >= 0.6 is 22.9 Å². The maximum Gasteiger partial charge on any atom is 0.281 e. The van der Waals surface area contributed by atoms with Crippen molar-refractivity contribution >= 4 is 34.5 Å². The van der Waals surface area contributed by atoms with Crippen LogP contribution in [0.2, 0.25) is 5.02 Å². The summed E-state index contributed by atoms with van der Waals surface area (Å²) >= 11 is 7.47. The second-order valence-electron chi connectivity index (χ2n) is 5.77. The Labute approximate surface area is 164 Å². The van der Waals surface area contributed by atoms with Crippen LogP contribution in [0.25, 0.3) is 11.3 Å². The highest BCUT2D eigenvalue weighted by Crippen LogP contribution is 2.26. The lowest BCUT2D eigenvalue weighted by molar-refractivity contribution is -0.384. The molecule has 6 nitrogen and oxygen atoms in total. The quantitative estimate of drug-likeness (QED) is 0.472. The predicted molar refractivity (Wildman–Crippen MR) is 106 cm³/mol. The highest BCUT2D eigenvalue weighted by Gasteiger charge is 2.17. The minimum Gasteiger partial charge on any atom is -0.319 e. The van der Waals surface area contributed by atoms with Gasteiger partial charge < -0.3 is 4.57 Å². The van der Waals surface area contributed by atoms with E-state index in [-0.39, 0.29) is 16.3 Å². The zero-order valence-corrected chi connectivity index (χ0v) is 16.3. The first-order chi connectivity index (χ1) is 12.9. The normalized spacial score (nSPS) is 11.6. The van der Waals surface area contributed by atoms with Crippen LogP contribution in [0.5, 0.6) is 0 Å². The number of benzene rings is 2. The van der Waals surface area contributed by atoms with Crippen molar-refractivity contribution in [2.75, 3.05) is 0 Å². The number of nitrogens with zero attached hydrogens (tertiary/aromatic N) is 3. The Morgan fingerprint density at radius 1 is 1.26 bits per heavy atom. The number of nitro groups is 1. The molecule has 3 aromatic rings. The fourth-order valence-corrected chi connectivity index (χ4v) is 4.01. The summed E-state index contributed by atoms with van der Waals surface area (Å²) in [6, 6.07) is 13.6. The molecule has 1 heterocycles. The fourth-order valence-electron chi connectivity index (χ4n) is 2.74. The number of hydrogen-bond donors (Lipinski definition) is 0. The van der Waals surface area contributed by atoms with Crippen molar-refractivity contribution in [3.8, 4) is 11.3 Å². The van der Waals surface area contributed by atoms with Crippen molar-refractivity contribution in [2.45, 2.75) is 13.3 Å². The molecule has 0 aliphatic rings. The first-order valence-corrected chi connectivity index (χ1v) is 9.39. The van der Waals surface area contributed by atoms with Crippen molar-refractivity contribution in [2.24, 2.45) is 12.0 Å². The standard InChI is InChI=1S/C19H16ClN3O3S/c1-3-16-17(12-7-5-4-6-8-12)22(2)19(27-16)21-18(24)14-11-13(23(25)26)9-10-15(14)20/h4-11H,3H2,1-2H3. The highest BCUT2D eigenvalue weighted by molar-refractivity contribution is 7.09. The van der Waals surface area contributed by atoms with E-state index in [1.807, 2.05) is 48.9 Å². The number of aromatic nitrogens is 1. The molecule has 1 amide bonds.